The second-order valence-corrected chi connectivity index (χ2v) is 6.18. The van der Waals surface area contributed by atoms with Crippen LogP contribution >= 0.6 is 0 Å². The third kappa shape index (κ3) is 5.13. The van der Waals surface area contributed by atoms with Gasteiger partial charge < -0.3 is 19.7 Å². The number of piperidine rings is 1. The standard InChI is InChI=1S/C19H31N3O2/c1-5-24-17-9-12-22(13-10-17)19(20-3)21-11-8-16-14-15(2)6-7-18(16)23-4/h6-7,14,17H,5,8-13H2,1-4H3,(H,20,21). The Bertz CT molecular complexity index is 537. The number of nitrogens with zero attached hydrogens (tertiary/aromatic N) is 2. The smallest absolute Gasteiger partial charge is 0.193 e. The second-order valence-electron chi connectivity index (χ2n) is 6.18. The number of ether oxygens (including phenoxy) is 2. The first-order valence-corrected chi connectivity index (χ1v) is 8.88. The molecule has 0 atom stereocenters. The Kier molecular flexibility index (Phi) is 7.37. The van der Waals surface area contributed by atoms with E-state index in [1.165, 1.54) is 11.1 Å². The quantitative estimate of drug-likeness (QED) is 0.642. The zero-order valence-corrected chi connectivity index (χ0v) is 15.5. The summed E-state index contributed by atoms with van der Waals surface area (Å²) in [6.07, 6.45) is 3.46. The molecule has 0 aromatic heterocycles. The highest BCUT2D eigenvalue weighted by Gasteiger charge is 2.21. The molecule has 0 radical (unpaired) electrons. The van der Waals surface area contributed by atoms with E-state index in [0.717, 1.165) is 57.2 Å². The van der Waals surface area contributed by atoms with E-state index in [1.807, 2.05) is 13.1 Å². The predicted molar refractivity (Wildman–Crippen MR) is 99.0 cm³/mol. The minimum absolute atomic E-state index is 0.404. The van der Waals surface area contributed by atoms with E-state index in [1.54, 1.807) is 7.11 Å². The highest BCUT2D eigenvalue weighted by Crippen LogP contribution is 2.20. The van der Waals surface area contributed by atoms with E-state index in [-0.39, 0.29) is 0 Å². The normalized spacial score (nSPS) is 16.3. The molecule has 5 heteroatoms. The molecule has 1 N–H and O–H groups in total. The maximum absolute atomic E-state index is 5.72. The van der Waals surface area contributed by atoms with Crippen molar-refractivity contribution < 1.29 is 9.47 Å². The molecule has 1 aliphatic rings. The average molecular weight is 333 g/mol. The molecule has 5 nitrogen and oxygen atoms in total. The molecule has 24 heavy (non-hydrogen) atoms. The maximum atomic E-state index is 5.72. The van der Waals surface area contributed by atoms with Crippen molar-refractivity contribution in [2.45, 2.75) is 39.2 Å². The summed E-state index contributed by atoms with van der Waals surface area (Å²) in [5.74, 6) is 1.94. The first-order valence-electron chi connectivity index (χ1n) is 8.88. The fourth-order valence-corrected chi connectivity index (χ4v) is 3.21. The van der Waals surface area contributed by atoms with Crippen LogP contribution in [0, 0.1) is 6.92 Å². The summed E-state index contributed by atoms with van der Waals surface area (Å²) in [6.45, 7) is 7.81. The van der Waals surface area contributed by atoms with Crippen LogP contribution in [0.2, 0.25) is 0 Å². The molecule has 0 saturated carbocycles. The van der Waals surface area contributed by atoms with Crippen molar-refractivity contribution in [1.29, 1.82) is 0 Å². The van der Waals surface area contributed by atoms with Crippen LogP contribution in [0.1, 0.15) is 30.9 Å². The lowest BCUT2D eigenvalue weighted by molar-refractivity contribution is 0.0264. The molecule has 0 spiro atoms. The van der Waals surface area contributed by atoms with Crippen LogP contribution in [0.3, 0.4) is 0 Å². The van der Waals surface area contributed by atoms with Gasteiger partial charge in [-0.25, -0.2) is 0 Å². The molecule has 1 aromatic rings. The number of rotatable bonds is 6. The Morgan fingerprint density at radius 1 is 1.33 bits per heavy atom. The van der Waals surface area contributed by atoms with E-state index >= 15 is 0 Å². The van der Waals surface area contributed by atoms with Gasteiger partial charge in [0, 0.05) is 33.3 Å². The molecular weight excluding hydrogens is 302 g/mol. The van der Waals surface area contributed by atoms with Gasteiger partial charge in [0.2, 0.25) is 0 Å². The monoisotopic (exact) mass is 333 g/mol. The molecule has 0 amide bonds. The first-order chi connectivity index (χ1) is 11.7. The highest BCUT2D eigenvalue weighted by atomic mass is 16.5. The molecule has 0 aliphatic carbocycles. The van der Waals surface area contributed by atoms with Gasteiger partial charge in [-0.05, 0) is 44.7 Å². The largest absolute Gasteiger partial charge is 0.496 e. The lowest BCUT2D eigenvalue weighted by Crippen LogP contribution is -2.47. The van der Waals surface area contributed by atoms with Crippen LogP contribution < -0.4 is 10.1 Å². The number of nitrogens with one attached hydrogen (secondary N) is 1. The highest BCUT2D eigenvalue weighted by molar-refractivity contribution is 5.80. The zero-order chi connectivity index (χ0) is 17.4. The summed E-state index contributed by atoms with van der Waals surface area (Å²) in [5.41, 5.74) is 2.49. The van der Waals surface area contributed by atoms with Crippen LogP contribution in [0.15, 0.2) is 23.2 Å². The van der Waals surface area contributed by atoms with Crippen molar-refractivity contribution in [3.63, 3.8) is 0 Å². The molecule has 2 rings (SSSR count). The van der Waals surface area contributed by atoms with Gasteiger partial charge in [0.15, 0.2) is 5.96 Å². The fraction of sp³-hybridized carbons (Fsp3) is 0.632. The third-order valence-corrected chi connectivity index (χ3v) is 4.47. The molecule has 1 heterocycles. The average Bonchev–Trinajstić information content (AvgIpc) is 2.60. The van der Waals surface area contributed by atoms with Gasteiger partial charge in [-0.15, -0.1) is 0 Å². The van der Waals surface area contributed by atoms with Gasteiger partial charge in [-0.2, -0.15) is 0 Å². The van der Waals surface area contributed by atoms with E-state index < -0.39 is 0 Å². The fourth-order valence-electron chi connectivity index (χ4n) is 3.21. The molecule has 1 fully saturated rings. The lowest BCUT2D eigenvalue weighted by Gasteiger charge is -2.34. The number of guanidine groups is 1. The lowest BCUT2D eigenvalue weighted by atomic mass is 10.1. The number of hydrogen-bond acceptors (Lipinski definition) is 3. The Morgan fingerprint density at radius 3 is 2.71 bits per heavy atom. The van der Waals surface area contributed by atoms with Crippen LogP contribution in [0.25, 0.3) is 0 Å². The minimum atomic E-state index is 0.404. The van der Waals surface area contributed by atoms with Gasteiger partial charge in [0.05, 0.1) is 13.2 Å². The molecule has 1 saturated heterocycles. The van der Waals surface area contributed by atoms with Crippen molar-refractivity contribution in [3.8, 4) is 5.75 Å². The van der Waals surface area contributed by atoms with Gasteiger partial charge >= 0.3 is 0 Å². The maximum Gasteiger partial charge on any atom is 0.193 e. The molecule has 0 bridgehead atoms. The third-order valence-electron chi connectivity index (χ3n) is 4.47. The molecule has 1 aromatic carbocycles. The van der Waals surface area contributed by atoms with Crippen LogP contribution in [-0.2, 0) is 11.2 Å². The van der Waals surface area contributed by atoms with Crippen molar-refractivity contribution in [2.24, 2.45) is 4.99 Å². The number of likely N-dealkylation sites (tertiary alicyclic amines) is 1. The zero-order valence-electron chi connectivity index (χ0n) is 15.5. The number of hydrogen-bond donors (Lipinski definition) is 1. The number of benzene rings is 1. The van der Waals surface area contributed by atoms with Gasteiger partial charge in [-0.1, -0.05) is 17.7 Å². The Hall–Kier alpha value is -1.75. The summed E-state index contributed by atoms with van der Waals surface area (Å²) in [4.78, 5) is 6.76. The molecular formula is C19H31N3O2. The van der Waals surface area contributed by atoms with E-state index in [9.17, 15) is 0 Å². The van der Waals surface area contributed by atoms with Crippen molar-refractivity contribution in [1.82, 2.24) is 10.2 Å². The van der Waals surface area contributed by atoms with Gasteiger partial charge in [-0.3, -0.25) is 4.99 Å². The predicted octanol–water partition coefficient (Wildman–Crippen LogP) is 2.62. The summed E-state index contributed by atoms with van der Waals surface area (Å²) in [5, 5.41) is 3.48. The molecule has 1 aliphatic heterocycles. The van der Waals surface area contributed by atoms with E-state index in [4.69, 9.17) is 9.47 Å². The van der Waals surface area contributed by atoms with E-state index in [2.05, 4.69) is 41.2 Å². The second kappa shape index (κ2) is 9.52. The number of aliphatic imine (C=N–C) groups is 1. The Balaban J connectivity index is 1.83. The summed E-state index contributed by atoms with van der Waals surface area (Å²) < 4.78 is 11.2. The van der Waals surface area contributed by atoms with Crippen LogP contribution in [0.5, 0.6) is 5.75 Å². The Labute approximate surface area is 146 Å². The SMILES string of the molecule is CCOC1CCN(C(=NC)NCCc2cc(C)ccc2OC)CC1. The van der Waals surface area contributed by atoms with Crippen LogP contribution in [-0.4, -0.2) is 57.4 Å². The topological polar surface area (TPSA) is 46.1 Å². The first kappa shape index (κ1) is 18.6. The van der Waals surface area contributed by atoms with E-state index in [0.29, 0.717) is 6.10 Å². The van der Waals surface area contributed by atoms with Crippen LogP contribution in [0.4, 0.5) is 0 Å². The molecule has 0 unspecified atom stereocenters. The van der Waals surface area contributed by atoms with Gasteiger partial charge in [0.25, 0.3) is 0 Å². The van der Waals surface area contributed by atoms with Crippen molar-refractivity contribution >= 4 is 5.96 Å². The van der Waals surface area contributed by atoms with Crippen molar-refractivity contribution in [3.05, 3.63) is 29.3 Å². The minimum Gasteiger partial charge on any atom is -0.496 e. The summed E-state index contributed by atoms with van der Waals surface area (Å²) in [7, 11) is 3.58. The Morgan fingerprint density at radius 2 is 2.08 bits per heavy atom. The van der Waals surface area contributed by atoms with Gasteiger partial charge in [0.1, 0.15) is 5.75 Å². The van der Waals surface area contributed by atoms with Crippen molar-refractivity contribution in [2.75, 3.05) is 40.4 Å². The molecule has 134 valence electrons. The summed E-state index contributed by atoms with van der Waals surface area (Å²) in [6, 6.07) is 6.31. The number of aryl methyl sites for hydroxylation is 1. The number of methoxy groups -OCH3 is 1. The summed E-state index contributed by atoms with van der Waals surface area (Å²) >= 11 is 0.